The third-order valence-corrected chi connectivity index (χ3v) is 14.4. The normalized spacial score (nSPS) is 18.6. The van der Waals surface area contributed by atoms with Crippen molar-refractivity contribution in [2.75, 3.05) is 31.3 Å². The molecule has 1 saturated carbocycles. The number of rotatable bonds is 14. The second kappa shape index (κ2) is 18.3. The van der Waals surface area contributed by atoms with E-state index in [1.165, 1.54) is 29.7 Å². The first-order chi connectivity index (χ1) is 32.1. The maximum Gasteiger partial charge on any atom is 0.262 e. The van der Waals surface area contributed by atoms with Gasteiger partial charge in [0.2, 0.25) is 21.8 Å². The fourth-order valence-electron chi connectivity index (χ4n) is 8.93. The molecule has 20 heteroatoms. The van der Waals surface area contributed by atoms with Gasteiger partial charge in [-0.15, -0.1) is 11.3 Å². The van der Waals surface area contributed by atoms with E-state index in [-0.39, 0.29) is 60.2 Å². The molecule has 346 valence electrons. The molecule has 7 amide bonds. The van der Waals surface area contributed by atoms with Crippen molar-refractivity contribution in [3.05, 3.63) is 124 Å². The van der Waals surface area contributed by atoms with Crippen LogP contribution in [-0.2, 0) is 35.8 Å². The van der Waals surface area contributed by atoms with Gasteiger partial charge in [-0.1, -0.05) is 42.5 Å². The van der Waals surface area contributed by atoms with Crippen LogP contribution in [0, 0.1) is 5.41 Å². The highest BCUT2D eigenvalue weighted by molar-refractivity contribution is 7.89. The summed E-state index contributed by atoms with van der Waals surface area (Å²) in [4.78, 5) is 98.0. The van der Waals surface area contributed by atoms with Gasteiger partial charge in [-0.3, -0.25) is 47.8 Å². The van der Waals surface area contributed by atoms with Gasteiger partial charge in [0.05, 0.1) is 48.0 Å². The van der Waals surface area contributed by atoms with Crippen LogP contribution in [0.5, 0.6) is 5.75 Å². The Bertz CT molecular complexity index is 2900. The largest absolute Gasteiger partial charge is 0.490 e. The topological polar surface area (TPSA) is 232 Å². The molecule has 3 fully saturated rings. The van der Waals surface area contributed by atoms with Crippen LogP contribution in [0.2, 0.25) is 0 Å². The number of fused-ring (bicyclic) bond motifs is 1. The summed E-state index contributed by atoms with van der Waals surface area (Å²) in [6.07, 6.45) is 6.58. The molecule has 4 aliphatic rings. The molecule has 0 radical (unpaired) electrons. The molecule has 2 aromatic heterocycles. The van der Waals surface area contributed by atoms with Crippen LogP contribution >= 0.6 is 11.3 Å². The summed E-state index contributed by atoms with van der Waals surface area (Å²) >= 11 is 1.22. The molecule has 2 saturated heterocycles. The lowest BCUT2D eigenvalue weighted by molar-refractivity contribution is -0.136. The van der Waals surface area contributed by atoms with E-state index < -0.39 is 57.6 Å². The lowest BCUT2D eigenvalue weighted by Crippen LogP contribution is -2.54. The van der Waals surface area contributed by atoms with Crippen LogP contribution in [0.1, 0.15) is 85.5 Å². The van der Waals surface area contributed by atoms with Crippen molar-refractivity contribution in [2.45, 2.75) is 63.3 Å². The first kappa shape index (κ1) is 45.1. The number of hydrogen-bond donors (Lipinski definition) is 3. The Morgan fingerprint density at radius 1 is 0.925 bits per heavy atom. The van der Waals surface area contributed by atoms with Gasteiger partial charge in [0.15, 0.2) is 5.13 Å². The summed E-state index contributed by atoms with van der Waals surface area (Å²) in [6.45, 7) is 0.974. The third kappa shape index (κ3) is 9.63. The zero-order valence-electron chi connectivity index (χ0n) is 36.1. The number of amides is 7. The maximum atomic E-state index is 13.6. The fraction of sp³-hybridized carbons (Fsp3) is 0.319. The molecule has 0 bridgehead atoms. The molecule has 67 heavy (non-hydrogen) atoms. The van der Waals surface area contributed by atoms with Gasteiger partial charge in [0.25, 0.3) is 29.5 Å². The summed E-state index contributed by atoms with van der Waals surface area (Å²) in [5, 5.41) is 9.72. The Kier molecular flexibility index (Phi) is 12.4. The number of aromatic nitrogens is 2. The number of likely N-dealkylation sites (tertiary alicyclic amines) is 1. The molecule has 2 atom stereocenters. The van der Waals surface area contributed by atoms with Crippen LogP contribution in [0.3, 0.4) is 0 Å². The van der Waals surface area contributed by atoms with E-state index in [0.29, 0.717) is 35.2 Å². The SMILES string of the molecule is CS(=O)(=O)n1ccc(C(=O)N[C@@H](COCc2ccc(C(=O)N3CCC4(CC3)CC(Oc3ccc5c(c3)C(=O)N(C3CCC(=O)NC3=O)C5=O)C4)cc2)C(=O)Nc2nc(-c3ccccc3)cs2)c1. The number of imide groups is 2. The standard InChI is InChI=1S/C47H45N7O11S2/c1-67(62,63)53-18-15-31(24-53)40(56)48-36(41(57)51-46-49-37(27-66-46)29-5-3-2-4-6-29)26-64-25-28-7-9-30(10-8-28)43(59)52-19-16-47(17-20-52)22-33(23-47)65-32-11-12-34-35(21-32)45(61)54(44(34)60)38-13-14-39(55)50-42(38)58/h2-12,15,18,21,24,27,33,36,38H,13-14,16-17,19-20,22-23,25-26H2,1H3,(H,48,56)(H,49,51,57)(H,50,55,58)/t36-,38?/m0/s1. The van der Waals surface area contributed by atoms with Crippen molar-refractivity contribution >= 4 is 67.8 Å². The van der Waals surface area contributed by atoms with E-state index in [0.717, 1.165) is 58.1 Å². The molecule has 1 spiro atoms. The van der Waals surface area contributed by atoms with Crippen LogP contribution in [0.25, 0.3) is 11.3 Å². The molecular formula is C47H45N7O11S2. The van der Waals surface area contributed by atoms with Crippen LogP contribution in [0.15, 0.2) is 96.6 Å². The summed E-state index contributed by atoms with van der Waals surface area (Å²) in [7, 11) is -3.63. The lowest BCUT2D eigenvalue weighted by Gasteiger charge is -2.51. The number of ether oxygens (including phenoxy) is 2. The number of anilines is 1. The van der Waals surface area contributed by atoms with E-state index in [2.05, 4.69) is 20.9 Å². The van der Waals surface area contributed by atoms with E-state index in [4.69, 9.17) is 9.47 Å². The minimum absolute atomic E-state index is 0.0224. The first-order valence-electron chi connectivity index (χ1n) is 21.6. The van der Waals surface area contributed by atoms with Crippen molar-refractivity contribution in [3.63, 3.8) is 0 Å². The summed E-state index contributed by atoms with van der Waals surface area (Å²) in [5.74, 6) is -3.17. The van der Waals surface area contributed by atoms with Crippen molar-refractivity contribution in [3.8, 4) is 17.0 Å². The smallest absolute Gasteiger partial charge is 0.262 e. The van der Waals surface area contributed by atoms with Gasteiger partial charge >= 0.3 is 0 Å². The van der Waals surface area contributed by atoms with E-state index in [1.54, 1.807) is 41.8 Å². The van der Waals surface area contributed by atoms with Gasteiger partial charge in [0, 0.05) is 48.4 Å². The van der Waals surface area contributed by atoms with Crippen molar-refractivity contribution < 1.29 is 51.5 Å². The Labute approximate surface area is 388 Å². The first-order valence-corrected chi connectivity index (χ1v) is 24.4. The number of carbonyl (C=O) groups is 7. The number of piperidine rings is 2. The predicted octanol–water partition coefficient (Wildman–Crippen LogP) is 4.24. The van der Waals surface area contributed by atoms with Crippen LogP contribution < -0.4 is 20.7 Å². The number of hydrogen-bond acceptors (Lipinski definition) is 13. The van der Waals surface area contributed by atoms with Crippen molar-refractivity contribution in [1.82, 2.24) is 29.4 Å². The molecule has 5 aromatic rings. The molecule has 3 N–H and O–H groups in total. The van der Waals surface area contributed by atoms with E-state index >= 15 is 0 Å². The highest BCUT2D eigenvalue weighted by Gasteiger charge is 2.48. The van der Waals surface area contributed by atoms with Gasteiger partial charge in [-0.05, 0) is 79.5 Å². The molecule has 1 aliphatic carbocycles. The number of nitrogens with zero attached hydrogens (tertiary/aromatic N) is 4. The number of thiazole rings is 1. The highest BCUT2D eigenvalue weighted by Crippen LogP contribution is 2.50. The van der Waals surface area contributed by atoms with Crippen LogP contribution in [-0.4, -0.2) is 113 Å². The monoisotopic (exact) mass is 947 g/mol. The molecule has 9 rings (SSSR count). The third-order valence-electron chi connectivity index (χ3n) is 12.6. The summed E-state index contributed by atoms with van der Waals surface area (Å²) in [5.41, 5.74) is 3.19. The van der Waals surface area contributed by atoms with E-state index in [9.17, 15) is 42.0 Å². The molecule has 1 unspecified atom stereocenters. The second-order valence-electron chi connectivity index (χ2n) is 17.2. The molecule has 3 aromatic carbocycles. The zero-order valence-corrected chi connectivity index (χ0v) is 37.8. The molecular weight excluding hydrogens is 903 g/mol. The molecule has 18 nitrogen and oxygen atoms in total. The average Bonchev–Trinajstić information content (AvgIpc) is 4.05. The minimum Gasteiger partial charge on any atom is -0.490 e. The van der Waals surface area contributed by atoms with Gasteiger partial charge in [-0.25, -0.2) is 13.4 Å². The van der Waals surface area contributed by atoms with Gasteiger partial charge in [0.1, 0.15) is 17.8 Å². The van der Waals surface area contributed by atoms with Crippen molar-refractivity contribution in [1.29, 1.82) is 0 Å². The fourth-order valence-corrected chi connectivity index (χ4v) is 10.2. The molecule has 3 aliphatic heterocycles. The number of carbonyl (C=O) groups excluding carboxylic acids is 7. The van der Waals surface area contributed by atoms with Gasteiger partial charge < -0.3 is 25.0 Å². The average molecular weight is 948 g/mol. The summed E-state index contributed by atoms with van der Waals surface area (Å²) in [6, 6.07) is 20.3. The van der Waals surface area contributed by atoms with E-state index in [1.807, 2.05) is 35.2 Å². The highest BCUT2D eigenvalue weighted by atomic mass is 32.2. The Hall–Kier alpha value is -7.03. The molecule has 5 heterocycles. The Morgan fingerprint density at radius 2 is 1.66 bits per heavy atom. The number of nitrogens with one attached hydrogen (secondary N) is 3. The lowest BCUT2D eigenvalue weighted by atomic mass is 9.61. The number of benzene rings is 3. The second-order valence-corrected chi connectivity index (χ2v) is 20.0. The van der Waals surface area contributed by atoms with Gasteiger partial charge in [-0.2, -0.15) is 0 Å². The maximum absolute atomic E-state index is 13.6. The summed E-state index contributed by atoms with van der Waals surface area (Å²) < 4.78 is 37.0. The van der Waals surface area contributed by atoms with Crippen molar-refractivity contribution in [2.24, 2.45) is 5.41 Å². The van der Waals surface area contributed by atoms with Crippen LogP contribution in [0.4, 0.5) is 5.13 Å². The Morgan fingerprint density at radius 3 is 2.36 bits per heavy atom. The Balaban J connectivity index is 0.754. The predicted molar refractivity (Wildman–Crippen MR) is 243 cm³/mol. The minimum atomic E-state index is -3.63. The quantitative estimate of drug-likeness (QED) is 0.133. The zero-order chi connectivity index (χ0) is 47.0.